The Morgan fingerprint density at radius 3 is 2.79 bits per heavy atom. The van der Waals surface area contributed by atoms with E-state index in [4.69, 9.17) is 11.6 Å². The number of aliphatic hydroxyl groups is 1. The molecule has 0 aromatic heterocycles. The summed E-state index contributed by atoms with van der Waals surface area (Å²) in [5, 5.41) is 11.8. The first kappa shape index (κ1) is 12.7. The predicted octanol–water partition coefficient (Wildman–Crippen LogP) is 4.11. The van der Waals surface area contributed by atoms with Crippen molar-refractivity contribution in [3.63, 3.8) is 0 Å². The van der Waals surface area contributed by atoms with Gasteiger partial charge in [-0.2, -0.15) is 0 Å². The Labute approximate surface area is 118 Å². The van der Waals surface area contributed by atoms with Crippen molar-refractivity contribution in [2.24, 2.45) is 0 Å². The average molecular weight is 273 g/mol. The molecule has 1 aliphatic carbocycles. The highest BCUT2D eigenvalue weighted by atomic mass is 35.5. The number of benzene rings is 2. The molecule has 0 radical (unpaired) electrons. The first-order valence-electron chi connectivity index (χ1n) is 6.73. The zero-order chi connectivity index (χ0) is 13.3. The summed E-state index contributed by atoms with van der Waals surface area (Å²) in [6, 6.07) is 16.0. The van der Waals surface area contributed by atoms with Gasteiger partial charge in [0.25, 0.3) is 0 Å². The molecule has 1 aliphatic rings. The number of rotatable bonds is 2. The molecule has 0 fully saturated rings. The largest absolute Gasteiger partial charge is 0.385 e. The molecule has 2 aromatic carbocycles. The van der Waals surface area contributed by atoms with Crippen molar-refractivity contribution in [3.8, 4) is 0 Å². The van der Waals surface area contributed by atoms with Gasteiger partial charge in [-0.05, 0) is 48.1 Å². The Bertz CT molecular complexity index is 593. The molecule has 0 bridgehead atoms. The van der Waals surface area contributed by atoms with Crippen LogP contribution in [0.5, 0.6) is 0 Å². The van der Waals surface area contributed by atoms with E-state index in [1.807, 2.05) is 36.4 Å². The van der Waals surface area contributed by atoms with Gasteiger partial charge >= 0.3 is 0 Å². The van der Waals surface area contributed by atoms with Crippen molar-refractivity contribution in [2.75, 3.05) is 0 Å². The molecule has 3 rings (SSSR count). The molecule has 98 valence electrons. The van der Waals surface area contributed by atoms with Gasteiger partial charge < -0.3 is 5.11 Å². The molecule has 1 unspecified atom stereocenters. The van der Waals surface area contributed by atoms with E-state index in [1.54, 1.807) is 0 Å². The Morgan fingerprint density at radius 2 is 1.95 bits per heavy atom. The maximum Gasteiger partial charge on any atom is 0.0939 e. The molecular weight excluding hydrogens is 256 g/mol. The number of aryl methyl sites for hydroxylation is 1. The molecule has 0 saturated heterocycles. The van der Waals surface area contributed by atoms with Crippen molar-refractivity contribution in [1.29, 1.82) is 0 Å². The number of hydrogen-bond acceptors (Lipinski definition) is 1. The van der Waals surface area contributed by atoms with E-state index >= 15 is 0 Å². The van der Waals surface area contributed by atoms with Gasteiger partial charge in [0.05, 0.1) is 5.60 Å². The fourth-order valence-electron chi connectivity index (χ4n) is 3.07. The maximum atomic E-state index is 11.0. The Balaban J connectivity index is 1.96. The van der Waals surface area contributed by atoms with Crippen molar-refractivity contribution >= 4 is 11.6 Å². The number of fused-ring (bicyclic) bond motifs is 1. The quantitative estimate of drug-likeness (QED) is 0.872. The van der Waals surface area contributed by atoms with Gasteiger partial charge in [0.2, 0.25) is 0 Å². The zero-order valence-electron chi connectivity index (χ0n) is 10.8. The second kappa shape index (κ2) is 4.99. The van der Waals surface area contributed by atoms with Gasteiger partial charge in [0, 0.05) is 11.4 Å². The van der Waals surface area contributed by atoms with E-state index in [1.165, 1.54) is 5.56 Å². The monoisotopic (exact) mass is 272 g/mol. The second-order valence-electron chi connectivity index (χ2n) is 5.35. The first-order chi connectivity index (χ1) is 9.17. The van der Waals surface area contributed by atoms with E-state index < -0.39 is 5.60 Å². The van der Waals surface area contributed by atoms with Crippen LogP contribution in [0.3, 0.4) is 0 Å². The van der Waals surface area contributed by atoms with E-state index in [0.717, 1.165) is 35.4 Å². The highest BCUT2D eigenvalue weighted by molar-refractivity contribution is 6.30. The van der Waals surface area contributed by atoms with Gasteiger partial charge in [-0.25, -0.2) is 0 Å². The van der Waals surface area contributed by atoms with Gasteiger partial charge in [-0.15, -0.1) is 0 Å². The minimum Gasteiger partial charge on any atom is -0.385 e. The number of halogens is 1. The highest BCUT2D eigenvalue weighted by Gasteiger charge is 2.34. The zero-order valence-corrected chi connectivity index (χ0v) is 11.5. The standard InChI is InChI=1S/C17H17ClO/c18-15-8-3-5-13(11-15)12-17(19)10-4-7-14-6-1-2-9-16(14)17/h1-3,5-6,8-9,11,19H,4,7,10,12H2. The highest BCUT2D eigenvalue weighted by Crippen LogP contribution is 2.37. The van der Waals surface area contributed by atoms with Crippen LogP contribution in [0, 0.1) is 0 Å². The summed E-state index contributed by atoms with van der Waals surface area (Å²) in [7, 11) is 0. The minimum absolute atomic E-state index is 0.630. The van der Waals surface area contributed by atoms with Crippen LogP contribution in [0.2, 0.25) is 5.02 Å². The molecule has 0 spiro atoms. The van der Waals surface area contributed by atoms with E-state index in [2.05, 4.69) is 12.1 Å². The molecule has 0 heterocycles. The molecule has 1 N–H and O–H groups in total. The Kier molecular flexibility index (Phi) is 3.34. The van der Waals surface area contributed by atoms with Crippen LogP contribution in [0.1, 0.15) is 29.5 Å². The van der Waals surface area contributed by atoms with Crippen LogP contribution >= 0.6 is 11.6 Å². The molecule has 2 aromatic rings. The lowest BCUT2D eigenvalue weighted by atomic mass is 9.76. The lowest BCUT2D eigenvalue weighted by molar-refractivity contribution is 0.0190. The molecule has 0 aliphatic heterocycles. The van der Waals surface area contributed by atoms with Crippen LogP contribution in [0.25, 0.3) is 0 Å². The second-order valence-corrected chi connectivity index (χ2v) is 5.79. The third-order valence-electron chi connectivity index (χ3n) is 3.94. The summed E-state index contributed by atoms with van der Waals surface area (Å²) in [5.41, 5.74) is 2.70. The Hall–Kier alpha value is -1.31. The summed E-state index contributed by atoms with van der Waals surface area (Å²) in [4.78, 5) is 0. The molecular formula is C17H17ClO. The normalized spacial score (nSPS) is 22.0. The third kappa shape index (κ3) is 2.54. The third-order valence-corrected chi connectivity index (χ3v) is 4.18. The fourth-order valence-corrected chi connectivity index (χ4v) is 3.28. The van der Waals surface area contributed by atoms with E-state index in [9.17, 15) is 5.11 Å². The summed E-state index contributed by atoms with van der Waals surface area (Å²) >= 11 is 6.03. The molecule has 1 atom stereocenters. The smallest absolute Gasteiger partial charge is 0.0939 e. The molecule has 19 heavy (non-hydrogen) atoms. The Morgan fingerprint density at radius 1 is 1.11 bits per heavy atom. The first-order valence-corrected chi connectivity index (χ1v) is 7.10. The minimum atomic E-state index is -0.750. The average Bonchev–Trinajstić information content (AvgIpc) is 2.39. The topological polar surface area (TPSA) is 20.2 Å². The van der Waals surface area contributed by atoms with Crippen molar-refractivity contribution in [3.05, 3.63) is 70.2 Å². The van der Waals surface area contributed by atoms with Crippen molar-refractivity contribution in [2.45, 2.75) is 31.3 Å². The summed E-state index contributed by atoms with van der Waals surface area (Å²) < 4.78 is 0. The lowest BCUT2D eigenvalue weighted by Crippen LogP contribution is -2.32. The van der Waals surface area contributed by atoms with Gasteiger partial charge in [0.15, 0.2) is 0 Å². The van der Waals surface area contributed by atoms with E-state index in [-0.39, 0.29) is 0 Å². The van der Waals surface area contributed by atoms with Crippen LogP contribution in [0.4, 0.5) is 0 Å². The maximum absolute atomic E-state index is 11.0. The van der Waals surface area contributed by atoms with Crippen LogP contribution in [0.15, 0.2) is 48.5 Å². The summed E-state index contributed by atoms with van der Waals surface area (Å²) in [6.07, 6.45) is 3.54. The fraction of sp³-hybridized carbons (Fsp3) is 0.294. The predicted molar refractivity (Wildman–Crippen MR) is 78.4 cm³/mol. The molecule has 0 amide bonds. The molecule has 0 saturated carbocycles. The van der Waals surface area contributed by atoms with Gasteiger partial charge in [-0.3, -0.25) is 0 Å². The summed E-state index contributed by atoms with van der Waals surface area (Å²) in [5.74, 6) is 0. The number of hydrogen-bond donors (Lipinski definition) is 1. The van der Waals surface area contributed by atoms with Crippen LogP contribution < -0.4 is 0 Å². The van der Waals surface area contributed by atoms with Gasteiger partial charge in [0.1, 0.15) is 0 Å². The van der Waals surface area contributed by atoms with Crippen molar-refractivity contribution in [1.82, 2.24) is 0 Å². The van der Waals surface area contributed by atoms with Crippen LogP contribution in [-0.2, 0) is 18.4 Å². The molecule has 2 heteroatoms. The van der Waals surface area contributed by atoms with Gasteiger partial charge in [-0.1, -0.05) is 48.0 Å². The lowest BCUT2D eigenvalue weighted by Gasteiger charge is -2.34. The van der Waals surface area contributed by atoms with E-state index in [0.29, 0.717) is 6.42 Å². The SMILES string of the molecule is OC1(Cc2cccc(Cl)c2)CCCc2ccccc21. The van der Waals surface area contributed by atoms with Crippen molar-refractivity contribution < 1.29 is 5.11 Å². The molecule has 1 nitrogen and oxygen atoms in total. The summed E-state index contributed by atoms with van der Waals surface area (Å²) in [6.45, 7) is 0. The van der Waals surface area contributed by atoms with Crippen LogP contribution in [-0.4, -0.2) is 5.11 Å².